The van der Waals surface area contributed by atoms with E-state index in [1.165, 1.54) is 7.11 Å². The molecule has 0 saturated carbocycles. The molecule has 8 heteroatoms. The highest BCUT2D eigenvalue weighted by atomic mass is 16.5. The number of rotatable bonds is 4. The summed E-state index contributed by atoms with van der Waals surface area (Å²) < 4.78 is 5.00. The second kappa shape index (κ2) is 7.46. The number of esters is 1. The van der Waals surface area contributed by atoms with Crippen molar-refractivity contribution in [2.24, 2.45) is 5.92 Å². The van der Waals surface area contributed by atoms with Crippen LogP contribution in [-0.2, 0) is 25.5 Å². The van der Waals surface area contributed by atoms with Crippen molar-refractivity contribution in [3.05, 3.63) is 53.9 Å². The van der Waals surface area contributed by atoms with E-state index in [4.69, 9.17) is 4.74 Å². The lowest BCUT2D eigenvalue weighted by molar-refractivity contribution is -0.150. The molecule has 146 valence electrons. The fourth-order valence-corrected chi connectivity index (χ4v) is 4.31. The quantitative estimate of drug-likeness (QED) is 0.794. The predicted molar refractivity (Wildman–Crippen MR) is 98.8 cm³/mol. The molecule has 8 nitrogen and oxygen atoms in total. The van der Waals surface area contributed by atoms with Crippen molar-refractivity contribution < 1.29 is 19.1 Å². The van der Waals surface area contributed by atoms with Gasteiger partial charge in [-0.1, -0.05) is 30.3 Å². The average molecular weight is 382 g/mol. The van der Waals surface area contributed by atoms with Crippen LogP contribution in [0.15, 0.2) is 42.6 Å². The lowest BCUT2D eigenvalue weighted by atomic mass is 9.93. The molecule has 4 rings (SSSR count). The third-order valence-electron chi connectivity index (χ3n) is 5.54. The van der Waals surface area contributed by atoms with Crippen molar-refractivity contribution in [3.63, 3.8) is 0 Å². The van der Waals surface area contributed by atoms with Crippen molar-refractivity contribution in [2.45, 2.75) is 24.9 Å². The topological polar surface area (TPSA) is 95.6 Å². The van der Waals surface area contributed by atoms with Crippen LogP contribution in [0.1, 0.15) is 23.7 Å². The van der Waals surface area contributed by atoms with Gasteiger partial charge in [0.05, 0.1) is 38.1 Å². The van der Waals surface area contributed by atoms with Crippen molar-refractivity contribution >= 4 is 17.8 Å². The highest BCUT2D eigenvalue weighted by molar-refractivity contribution is 5.88. The Morgan fingerprint density at radius 1 is 1.25 bits per heavy atom. The molecule has 2 saturated heterocycles. The Morgan fingerprint density at radius 3 is 2.71 bits per heavy atom. The van der Waals surface area contributed by atoms with Crippen LogP contribution in [0.5, 0.6) is 0 Å². The molecule has 0 aliphatic carbocycles. The van der Waals surface area contributed by atoms with E-state index in [9.17, 15) is 14.4 Å². The fraction of sp³-hybridized carbons (Fsp3) is 0.400. The summed E-state index contributed by atoms with van der Waals surface area (Å²) in [6.45, 7) is 0.427. The van der Waals surface area contributed by atoms with Crippen LogP contribution in [0.4, 0.5) is 0 Å². The smallest absolute Gasteiger partial charge is 0.311 e. The monoisotopic (exact) mass is 382 g/mol. The number of amides is 2. The van der Waals surface area contributed by atoms with Crippen molar-refractivity contribution in [3.8, 4) is 0 Å². The van der Waals surface area contributed by atoms with Gasteiger partial charge in [-0.05, 0) is 18.1 Å². The minimum atomic E-state index is -0.441. The number of nitrogens with one attached hydrogen (secondary N) is 1. The summed E-state index contributed by atoms with van der Waals surface area (Å²) in [6.07, 6.45) is 2.24. The fourth-order valence-electron chi connectivity index (χ4n) is 4.31. The maximum Gasteiger partial charge on any atom is 0.311 e. The van der Waals surface area contributed by atoms with E-state index in [1.807, 2.05) is 30.3 Å². The van der Waals surface area contributed by atoms with Crippen molar-refractivity contribution in [2.75, 3.05) is 20.2 Å². The van der Waals surface area contributed by atoms with E-state index in [-0.39, 0.29) is 42.8 Å². The number of fused-ring (bicyclic) bond motifs is 1. The molecule has 2 amide bonds. The first-order valence-corrected chi connectivity index (χ1v) is 9.28. The van der Waals surface area contributed by atoms with Gasteiger partial charge in [0.2, 0.25) is 11.8 Å². The van der Waals surface area contributed by atoms with E-state index in [2.05, 4.69) is 10.2 Å². The highest BCUT2D eigenvalue weighted by Gasteiger charge is 2.51. The lowest BCUT2D eigenvalue weighted by Crippen LogP contribution is -2.56. The molecule has 2 aromatic rings. The first-order valence-electron chi connectivity index (χ1n) is 9.28. The van der Waals surface area contributed by atoms with Crippen LogP contribution in [-0.4, -0.2) is 64.0 Å². The van der Waals surface area contributed by atoms with E-state index < -0.39 is 5.92 Å². The molecule has 1 N–H and O–H groups in total. The average Bonchev–Trinajstić information content (AvgIpc) is 3.35. The van der Waals surface area contributed by atoms with Crippen LogP contribution in [0.2, 0.25) is 0 Å². The van der Waals surface area contributed by atoms with Crippen LogP contribution in [0.25, 0.3) is 0 Å². The summed E-state index contributed by atoms with van der Waals surface area (Å²) in [6, 6.07) is 10.7. The molecule has 2 fully saturated rings. The van der Waals surface area contributed by atoms with Gasteiger partial charge in [-0.15, -0.1) is 0 Å². The number of hydrogen-bond donors (Lipinski definition) is 1. The zero-order valence-corrected chi connectivity index (χ0v) is 15.6. The Kier molecular flexibility index (Phi) is 4.85. The number of benzene rings is 1. The second-order valence-corrected chi connectivity index (χ2v) is 7.21. The molecule has 2 aliphatic rings. The Balaban J connectivity index is 1.57. The summed E-state index contributed by atoms with van der Waals surface area (Å²) in [4.78, 5) is 41.4. The number of aromatic nitrogens is 2. The first kappa shape index (κ1) is 18.2. The number of H-pyrrole nitrogens is 1. The van der Waals surface area contributed by atoms with Gasteiger partial charge in [-0.3, -0.25) is 19.5 Å². The number of aromatic amines is 1. The Hall–Kier alpha value is -3.16. The van der Waals surface area contributed by atoms with E-state index in [0.717, 1.165) is 5.56 Å². The molecule has 2 aliphatic heterocycles. The Labute approximate surface area is 162 Å². The number of nitrogens with zero attached hydrogens (tertiary/aromatic N) is 3. The largest absolute Gasteiger partial charge is 0.469 e. The summed E-state index contributed by atoms with van der Waals surface area (Å²) in [5.41, 5.74) is 1.62. The van der Waals surface area contributed by atoms with E-state index >= 15 is 0 Å². The van der Waals surface area contributed by atoms with E-state index in [0.29, 0.717) is 18.7 Å². The third-order valence-corrected chi connectivity index (χ3v) is 5.54. The number of carbonyl (C=O) groups is 3. The Morgan fingerprint density at radius 2 is 2.04 bits per heavy atom. The van der Waals surface area contributed by atoms with Crippen molar-refractivity contribution in [1.29, 1.82) is 0 Å². The third kappa shape index (κ3) is 3.26. The van der Waals surface area contributed by atoms with Crippen molar-refractivity contribution in [1.82, 2.24) is 20.0 Å². The number of hydrogen-bond acceptors (Lipinski definition) is 5. The van der Waals surface area contributed by atoms with Crippen LogP contribution >= 0.6 is 0 Å². The molecule has 1 aromatic carbocycles. The standard InChI is InChI=1S/C20H22N4O4/c1-28-20(27)16-10-15-11-23(17(25)9-14-7-8-21-22-14)12-18(26)24(15)19(16)13-5-3-2-4-6-13/h2-8,15-16,19H,9-12H2,1H3,(H,21,22)/t15-,16-,19-/m0/s1. The van der Waals surface area contributed by atoms with Gasteiger partial charge in [0.1, 0.15) is 0 Å². The summed E-state index contributed by atoms with van der Waals surface area (Å²) in [5, 5.41) is 6.62. The number of ether oxygens (including phenoxy) is 1. The molecular formula is C20H22N4O4. The molecular weight excluding hydrogens is 360 g/mol. The molecule has 0 bridgehead atoms. The van der Waals surface area contributed by atoms with Crippen LogP contribution in [0, 0.1) is 5.92 Å². The lowest BCUT2D eigenvalue weighted by Gasteiger charge is -2.40. The number of methoxy groups -OCH3 is 1. The molecule has 1 aromatic heterocycles. The minimum Gasteiger partial charge on any atom is -0.469 e. The van der Waals surface area contributed by atoms with Gasteiger partial charge < -0.3 is 14.5 Å². The zero-order chi connectivity index (χ0) is 19.7. The summed E-state index contributed by atoms with van der Waals surface area (Å²) in [7, 11) is 1.36. The predicted octanol–water partition coefficient (Wildman–Crippen LogP) is 0.926. The van der Waals surface area contributed by atoms with Gasteiger partial charge in [-0.2, -0.15) is 5.10 Å². The molecule has 3 atom stereocenters. The van der Waals surface area contributed by atoms with Gasteiger partial charge in [-0.25, -0.2) is 0 Å². The molecule has 0 unspecified atom stereocenters. The van der Waals surface area contributed by atoms with Gasteiger partial charge in [0, 0.05) is 18.4 Å². The maximum absolute atomic E-state index is 13.0. The maximum atomic E-state index is 13.0. The molecule has 0 spiro atoms. The Bertz CT molecular complexity index is 868. The number of piperazine rings is 1. The summed E-state index contributed by atoms with van der Waals surface area (Å²) >= 11 is 0. The minimum absolute atomic E-state index is 0.0146. The SMILES string of the molecule is COC(=O)[C@H]1C[C@H]2CN(C(=O)Cc3ccn[nH]3)CC(=O)N2[C@H]1c1ccccc1. The first-order chi connectivity index (χ1) is 13.6. The second-order valence-electron chi connectivity index (χ2n) is 7.21. The van der Waals surface area contributed by atoms with Gasteiger partial charge in [0.25, 0.3) is 0 Å². The van der Waals surface area contributed by atoms with Crippen LogP contribution < -0.4 is 0 Å². The normalized spacial score (nSPS) is 24.2. The van der Waals surface area contributed by atoms with Gasteiger partial charge in [0.15, 0.2) is 0 Å². The molecule has 28 heavy (non-hydrogen) atoms. The van der Waals surface area contributed by atoms with Gasteiger partial charge >= 0.3 is 5.97 Å². The highest BCUT2D eigenvalue weighted by Crippen LogP contribution is 2.43. The molecule has 3 heterocycles. The summed E-state index contributed by atoms with van der Waals surface area (Å²) in [5.74, 6) is -1.04. The van der Waals surface area contributed by atoms with Crippen LogP contribution in [0.3, 0.4) is 0 Å². The van der Waals surface area contributed by atoms with E-state index in [1.54, 1.807) is 22.1 Å². The zero-order valence-electron chi connectivity index (χ0n) is 15.6. The number of carbonyl (C=O) groups excluding carboxylic acids is 3. The molecule has 0 radical (unpaired) electrons.